The van der Waals surface area contributed by atoms with E-state index >= 15 is 0 Å². The van der Waals surface area contributed by atoms with Crippen molar-refractivity contribution in [3.8, 4) is 0 Å². The zero-order valence-corrected chi connectivity index (χ0v) is 10.2. The highest BCUT2D eigenvalue weighted by atomic mass is 16.1. The molecule has 1 amide bonds. The second-order valence-electron chi connectivity index (χ2n) is 4.43. The summed E-state index contributed by atoms with van der Waals surface area (Å²) in [6.07, 6.45) is 5.32. The van der Waals surface area contributed by atoms with Crippen LogP contribution < -0.4 is 10.6 Å². The Balaban J connectivity index is 1.88. The van der Waals surface area contributed by atoms with Gasteiger partial charge in [-0.1, -0.05) is 6.07 Å². The molecule has 1 aliphatic carbocycles. The third-order valence-electron chi connectivity index (χ3n) is 3.08. The van der Waals surface area contributed by atoms with Gasteiger partial charge < -0.3 is 10.6 Å². The molecular weight excluding hydrogens is 214 g/mol. The molecule has 17 heavy (non-hydrogen) atoms. The fraction of sp³-hybridized carbons (Fsp3) is 0.538. The van der Waals surface area contributed by atoms with Gasteiger partial charge in [-0.2, -0.15) is 0 Å². The summed E-state index contributed by atoms with van der Waals surface area (Å²) in [5.74, 6) is 0.0222. The highest BCUT2D eigenvalue weighted by molar-refractivity contribution is 5.72. The van der Waals surface area contributed by atoms with Crippen molar-refractivity contribution in [3.05, 3.63) is 29.6 Å². The predicted octanol–water partition coefficient (Wildman–Crippen LogP) is 1.18. The van der Waals surface area contributed by atoms with E-state index < -0.39 is 0 Å². The molecule has 0 bridgehead atoms. The molecule has 1 aromatic rings. The van der Waals surface area contributed by atoms with Crippen molar-refractivity contribution in [2.45, 2.75) is 32.2 Å². The van der Waals surface area contributed by atoms with Crippen LogP contribution in [0.15, 0.2) is 18.3 Å². The topological polar surface area (TPSA) is 54.0 Å². The smallest absolute Gasteiger partial charge is 0.216 e. The Kier molecular flexibility index (Phi) is 4.09. The van der Waals surface area contributed by atoms with E-state index in [1.165, 1.54) is 24.6 Å². The van der Waals surface area contributed by atoms with E-state index in [0.29, 0.717) is 12.6 Å². The molecular formula is C13H19N3O. The molecule has 1 heterocycles. The minimum atomic E-state index is 0.0222. The molecule has 0 aliphatic heterocycles. The third kappa shape index (κ3) is 3.27. The summed E-state index contributed by atoms with van der Waals surface area (Å²) in [5, 5.41) is 6.24. The molecule has 4 nitrogen and oxygen atoms in total. The summed E-state index contributed by atoms with van der Waals surface area (Å²) < 4.78 is 0. The van der Waals surface area contributed by atoms with Gasteiger partial charge in [-0.3, -0.25) is 9.78 Å². The van der Waals surface area contributed by atoms with Crippen molar-refractivity contribution in [1.82, 2.24) is 15.6 Å². The van der Waals surface area contributed by atoms with Crippen LogP contribution in [0.2, 0.25) is 0 Å². The molecule has 92 valence electrons. The van der Waals surface area contributed by atoms with Crippen LogP contribution in [0.25, 0.3) is 0 Å². The first kappa shape index (κ1) is 12.0. The molecule has 1 aliphatic rings. The summed E-state index contributed by atoms with van der Waals surface area (Å²) >= 11 is 0. The molecule has 1 aromatic heterocycles. The van der Waals surface area contributed by atoms with Crippen molar-refractivity contribution in [1.29, 1.82) is 0 Å². The Bertz CT molecular complexity index is 392. The van der Waals surface area contributed by atoms with Crippen LogP contribution in [0.5, 0.6) is 0 Å². The van der Waals surface area contributed by atoms with Crippen LogP contribution in [0.3, 0.4) is 0 Å². The van der Waals surface area contributed by atoms with Gasteiger partial charge in [-0.05, 0) is 30.9 Å². The van der Waals surface area contributed by atoms with Gasteiger partial charge in [0, 0.05) is 32.3 Å². The Hall–Kier alpha value is -1.42. The Morgan fingerprint density at radius 3 is 3.24 bits per heavy atom. The largest absolute Gasteiger partial charge is 0.355 e. The Morgan fingerprint density at radius 2 is 2.41 bits per heavy atom. The number of nitrogens with zero attached hydrogens (tertiary/aromatic N) is 1. The lowest BCUT2D eigenvalue weighted by Gasteiger charge is -2.25. The summed E-state index contributed by atoms with van der Waals surface area (Å²) in [7, 11) is 0. The first-order chi connectivity index (χ1) is 8.27. The SMILES string of the molecule is CC(=O)NCCNC1CCCc2cccnc21. The number of pyridine rings is 1. The van der Waals surface area contributed by atoms with Gasteiger partial charge >= 0.3 is 0 Å². The maximum atomic E-state index is 10.7. The predicted molar refractivity (Wildman–Crippen MR) is 66.6 cm³/mol. The van der Waals surface area contributed by atoms with Crippen LogP contribution in [0, 0.1) is 0 Å². The number of amides is 1. The van der Waals surface area contributed by atoms with E-state index in [0.717, 1.165) is 19.4 Å². The minimum Gasteiger partial charge on any atom is -0.355 e. The Labute approximate surface area is 102 Å². The third-order valence-corrected chi connectivity index (χ3v) is 3.08. The number of carbonyl (C=O) groups is 1. The quantitative estimate of drug-likeness (QED) is 0.768. The average molecular weight is 233 g/mol. The number of aromatic nitrogens is 1. The summed E-state index contributed by atoms with van der Waals surface area (Å²) in [6.45, 7) is 3.01. The molecule has 1 unspecified atom stereocenters. The van der Waals surface area contributed by atoms with Gasteiger partial charge in [-0.15, -0.1) is 0 Å². The lowest BCUT2D eigenvalue weighted by Crippen LogP contribution is -2.34. The Morgan fingerprint density at radius 1 is 1.53 bits per heavy atom. The molecule has 0 aromatic carbocycles. The zero-order valence-electron chi connectivity index (χ0n) is 10.2. The van der Waals surface area contributed by atoms with Crippen LogP contribution in [0.4, 0.5) is 0 Å². The first-order valence-electron chi connectivity index (χ1n) is 6.19. The second-order valence-corrected chi connectivity index (χ2v) is 4.43. The molecule has 0 saturated carbocycles. The zero-order chi connectivity index (χ0) is 12.1. The minimum absolute atomic E-state index is 0.0222. The van der Waals surface area contributed by atoms with Crippen LogP contribution in [0.1, 0.15) is 37.1 Å². The monoisotopic (exact) mass is 233 g/mol. The van der Waals surface area contributed by atoms with Crippen molar-refractivity contribution in [2.24, 2.45) is 0 Å². The number of fused-ring (bicyclic) bond motifs is 1. The molecule has 4 heteroatoms. The number of carbonyl (C=O) groups excluding carboxylic acids is 1. The molecule has 0 spiro atoms. The lowest BCUT2D eigenvalue weighted by atomic mass is 9.92. The highest BCUT2D eigenvalue weighted by Gasteiger charge is 2.20. The van der Waals surface area contributed by atoms with Gasteiger partial charge in [0.15, 0.2) is 0 Å². The number of hydrogen-bond acceptors (Lipinski definition) is 3. The van der Waals surface area contributed by atoms with Gasteiger partial charge in [0.1, 0.15) is 0 Å². The van der Waals surface area contributed by atoms with E-state index in [1.807, 2.05) is 12.3 Å². The summed E-state index contributed by atoms with van der Waals surface area (Å²) in [6, 6.07) is 4.50. The van der Waals surface area contributed by atoms with Crippen LogP contribution >= 0.6 is 0 Å². The van der Waals surface area contributed by atoms with Crippen molar-refractivity contribution >= 4 is 5.91 Å². The van der Waals surface area contributed by atoms with Crippen molar-refractivity contribution in [2.75, 3.05) is 13.1 Å². The van der Waals surface area contributed by atoms with Gasteiger partial charge in [0.2, 0.25) is 5.91 Å². The molecule has 1 atom stereocenters. The fourth-order valence-electron chi connectivity index (χ4n) is 2.29. The fourth-order valence-corrected chi connectivity index (χ4v) is 2.29. The van der Waals surface area contributed by atoms with Crippen molar-refractivity contribution < 1.29 is 4.79 Å². The van der Waals surface area contributed by atoms with Crippen molar-refractivity contribution in [3.63, 3.8) is 0 Å². The van der Waals surface area contributed by atoms with E-state index in [2.05, 4.69) is 21.7 Å². The molecule has 0 fully saturated rings. The molecule has 2 N–H and O–H groups in total. The van der Waals surface area contributed by atoms with Crippen LogP contribution in [-0.4, -0.2) is 24.0 Å². The number of nitrogens with one attached hydrogen (secondary N) is 2. The van der Waals surface area contributed by atoms with E-state index in [4.69, 9.17) is 0 Å². The molecule has 0 saturated heterocycles. The standard InChI is InChI=1S/C13H19N3O/c1-10(17)14-8-9-15-12-6-2-4-11-5-3-7-16-13(11)12/h3,5,7,12,15H,2,4,6,8-9H2,1H3,(H,14,17). The maximum Gasteiger partial charge on any atom is 0.216 e. The first-order valence-corrected chi connectivity index (χ1v) is 6.19. The average Bonchev–Trinajstić information content (AvgIpc) is 2.34. The number of aryl methyl sites for hydroxylation is 1. The summed E-state index contributed by atoms with van der Waals surface area (Å²) in [5.41, 5.74) is 2.54. The van der Waals surface area contributed by atoms with E-state index in [1.54, 1.807) is 0 Å². The highest BCUT2D eigenvalue weighted by Crippen LogP contribution is 2.27. The van der Waals surface area contributed by atoms with Gasteiger partial charge in [0.05, 0.1) is 5.69 Å². The number of rotatable bonds is 4. The van der Waals surface area contributed by atoms with Gasteiger partial charge in [-0.25, -0.2) is 0 Å². The normalized spacial score (nSPS) is 18.5. The van der Waals surface area contributed by atoms with E-state index in [-0.39, 0.29) is 5.91 Å². The second kappa shape index (κ2) is 5.77. The molecule has 0 radical (unpaired) electrons. The summed E-state index contributed by atoms with van der Waals surface area (Å²) in [4.78, 5) is 15.2. The molecule has 2 rings (SSSR count). The van der Waals surface area contributed by atoms with E-state index in [9.17, 15) is 4.79 Å². The maximum absolute atomic E-state index is 10.7. The van der Waals surface area contributed by atoms with Gasteiger partial charge in [0.25, 0.3) is 0 Å². The van der Waals surface area contributed by atoms with Crippen LogP contribution in [-0.2, 0) is 11.2 Å². The lowest BCUT2D eigenvalue weighted by molar-refractivity contribution is -0.118. The number of hydrogen-bond donors (Lipinski definition) is 2.